The van der Waals surface area contributed by atoms with Crippen LogP contribution in [0.4, 0.5) is 0 Å². The Morgan fingerprint density at radius 2 is 2.44 bits per heavy atom. The summed E-state index contributed by atoms with van der Waals surface area (Å²) in [4.78, 5) is 4.10. The smallest absolute Gasteiger partial charge is 0.0300 e. The van der Waals surface area contributed by atoms with E-state index in [1.165, 1.54) is 11.3 Å². The van der Waals surface area contributed by atoms with E-state index in [-0.39, 0.29) is 0 Å². The molecule has 1 aliphatic rings. The zero-order valence-electron chi connectivity index (χ0n) is 9.69. The average molecular weight is 214 g/mol. The molecular formula is C14H18N2. The molecule has 1 aromatic heterocycles. The highest BCUT2D eigenvalue weighted by atomic mass is 14.9. The van der Waals surface area contributed by atoms with Crippen LogP contribution in [0.5, 0.6) is 0 Å². The summed E-state index contributed by atoms with van der Waals surface area (Å²) in [5, 5.41) is 3.44. The van der Waals surface area contributed by atoms with E-state index >= 15 is 0 Å². The summed E-state index contributed by atoms with van der Waals surface area (Å²) in [7, 11) is 0. The molecule has 0 saturated carbocycles. The molecule has 1 atom stereocenters. The minimum Gasteiger partial charge on any atom is -0.385 e. The highest BCUT2D eigenvalue weighted by Gasteiger charge is 2.02. The molecule has 0 aliphatic heterocycles. The van der Waals surface area contributed by atoms with Crippen LogP contribution in [0.3, 0.4) is 0 Å². The second-order valence-corrected chi connectivity index (χ2v) is 4.27. The standard InChI is InChI=1S/C14H18N2/c1-12-4-6-14(7-5-12)16-10-8-13-3-2-9-15-11-13/h2-4,6-7,9,11-12,16H,5,8,10H2,1H3. The number of nitrogens with one attached hydrogen (secondary N) is 1. The van der Waals surface area contributed by atoms with Crippen molar-refractivity contribution < 1.29 is 0 Å². The van der Waals surface area contributed by atoms with E-state index in [9.17, 15) is 0 Å². The quantitative estimate of drug-likeness (QED) is 0.833. The third-order valence-electron chi connectivity index (χ3n) is 2.78. The van der Waals surface area contributed by atoms with E-state index in [2.05, 4.69) is 41.5 Å². The lowest BCUT2D eigenvalue weighted by Gasteiger charge is -2.13. The minimum atomic E-state index is 0.684. The van der Waals surface area contributed by atoms with Gasteiger partial charge in [-0.05, 0) is 36.5 Å². The molecule has 0 bridgehead atoms. The first kappa shape index (κ1) is 10.9. The predicted octanol–water partition coefficient (Wildman–Crippen LogP) is 2.69. The van der Waals surface area contributed by atoms with Crippen molar-refractivity contribution in [2.24, 2.45) is 5.92 Å². The van der Waals surface area contributed by atoms with Crippen molar-refractivity contribution in [3.63, 3.8) is 0 Å². The number of nitrogens with zero attached hydrogens (tertiary/aromatic N) is 1. The molecule has 2 rings (SSSR count). The Balaban J connectivity index is 1.75. The Hall–Kier alpha value is -1.57. The molecule has 0 saturated heterocycles. The normalized spacial score (nSPS) is 19.3. The van der Waals surface area contributed by atoms with Crippen LogP contribution in [0.25, 0.3) is 0 Å². The van der Waals surface area contributed by atoms with E-state index in [0.717, 1.165) is 19.4 Å². The zero-order chi connectivity index (χ0) is 11.2. The Morgan fingerprint density at radius 1 is 1.50 bits per heavy atom. The lowest BCUT2D eigenvalue weighted by Crippen LogP contribution is -2.17. The molecule has 1 aliphatic carbocycles. The number of rotatable bonds is 4. The van der Waals surface area contributed by atoms with Crippen LogP contribution >= 0.6 is 0 Å². The van der Waals surface area contributed by atoms with Gasteiger partial charge in [0.05, 0.1) is 0 Å². The summed E-state index contributed by atoms with van der Waals surface area (Å²) >= 11 is 0. The summed E-state index contributed by atoms with van der Waals surface area (Å²) in [5.74, 6) is 0.684. The number of aromatic nitrogens is 1. The van der Waals surface area contributed by atoms with Crippen LogP contribution in [0.2, 0.25) is 0 Å². The summed E-state index contributed by atoms with van der Waals surface area (Å²) in [6.07, 6.45) is 12.6. The third kappa shape index (κ3) is 3.23. The van der Waals surface area contributed by atoms with Gasteiger partial charge in [0.15, 0.2) is 0 Å². The first-order valence-corrected chi connectivity index (χ1v) is 5.86. The lowest BCUT2D eigenvalue weighted by atomic mass is 10.0. The summed E-state index contributed by atoms with van der Waals surface area (Å²) in [6.45, 7) is 3.20. The Bertz CT molecular complexity index is 379. The van der Waals surface area contributed by atoms with Crippen LogP contribution in [0.1, 0.15) is 18.9 Å². The van der Waals surface area contributed by atoms with Gasteiger partial charge < -0.3 is 5.32 Å². The zero-order valence-corrected chi connectivity index (χ0v) is 9.69. The van der Waals surface area contributed by atoms with Crippen LogP contribution in [0, 0.1) is 5.92 Å². The molecular weight excluding hydrogens is 196 g/mol. The van der Waals surface area contributed by atoms with Crippen LogP contribution in [-0.2, 0) is 6.42 Å². The number of allylic oxidation sites excluding steroid dienone is 3. The van der Waals surface area contributed by atoms with Crippen molar-refractivity contribution in [3.8, 4) is 0 Å². The van der Waals surface area contributed by atoms with Gasteiger partial charge in [-0.1, -0.05) is 25.1 Å². The van der Waals surface area contributed by atoms with Crippen molar-refractivity contribution in [1.82, 2.24) is 10.3 Å². The monoisotopic (exact) mass is 214 g/mol. The molecule has 2 heteroatoms. The Morgan fingerprint density at radius 3 is 3.12 bits per heavy atom. The van der Waals surface area contributed by atoms with Gasteiger partial charge in [0.2, 0.25) is 0 Å². The molecule has 1 aromatic rings. The Labute approximate surface area is 97.1 Å². The van der Waals surface area contributed by atoms with Gasteiger partial charge in [-0.2, -0.15) is 0 Å². The molecule has 1 heterocycles. The van der Waals surface area contributed by atoms with Crippen molar-refractivity contribution in [2.45, 2.75) is 19.8 Å². The second kappa shape index (κ2) is 5.50. The van der Waals surface area contributed by atoms with Crippen LogP contribution in [-0.4, -0.2) is 11.5 Å². The maximum absolute atomic E-state index is 4.10. The van der Waals surface area contributed by atoms with E-state index in [1.807, 2.05) is 18.5 Å². The molecule has 2 nitrogen and oxygen atoms in total. The lowest BCUT2D eigenvalue weighted by molar-refractivity contribution is 0.707. The fourth-order valence-corrected chi connectivity index (χ4v) is 1.76. The van der Waals surface area contributed by atoms with E-state index in [4.69, 9.17) is 0 Å². The highest BCUT2D eigenvalue weighted by molar-refractivity contribution is 5.22. The van der Waals surface area contributed by atoms with Gasteiger partial charge in [-0.3, -0.25) is 4.98 Å². The molecule has 1 unspecified atom stereocenters. The Kier molecular flexibility index (Phi) is 3.76. The van der Waals surface area contributed by atoms with Gasteiger partial charge >= 0.3 is 0 Å². The molecule has 16 heavy (non-hydrogen) atoms. The fourth-order valence-electron chi connectivity index (χ4n) is 1.76. The van der Waals surface area contributed by atoms with E-state index in [0.29, 0.717) is 5.92 Å². The van der Waals surface area contributed by atoms with Gasteiger partial charge in [0, 0.05) is 24.6 Å². The van der Waals surface area contributed by atoms with E-state index in [1.54, 1.807) is 0 Å². The maximum Gasteiger partial charge on any atom is 0.0300 e. The molecule has 84 valence electrons. The number of pyridine rings is 1. The second-order valence-electron chi connectivity index (χ2n) is 4.27. The summed E-state index contributed by atoms with van der Waals surface area (Å²) < 4.78 is 0. The van der Waals surface area contributed by atoms with Crippen molar-refractivity contribution in [3.05, 3.63) is 54.0 Å². The van der Waals surface area contributed by atoms with E-state index < -0.39 is 0 Å². The molecule has 0 fully saturated rings. The maximum atomic E-state index is 4.10. The number of hydrogen-bond donors (Lipinski definition) is 1. The fraction of sp³-hybridized carbons (Fsp3) is 0.357. The average Bonchev–Trinajstić information content (AvgIpc) is 2.33. The summed E-state index contributed by atoms with van der Waals surface area (Å²) in [6, 6.07) is 4.10. The molecule has 1 N–H and O–H groups in total. The van der Waals surface area contributed by atoms with Crippen molar-refractivity contribution >= 4 is 0 Å². The molecule has 0 amide bonds. The SMILES string of the molecule is CC1C=CC(NCCc2cccnc2)=CC1. The predicted molar refractivity (Wildman–Crippen MR) is 66.9 cm³/mol. The van der Waals surface area contributed by atoms with Crippen molar-refractivity contribution in [1.29, 1.82) is 0 Å². The van der Waals surface area contributed by atoms with Gasteiger partial charge in [0.1, 0.15) is 0 Å². The van der Waals surface area contributed by atoms with Gasteiger partial charge in [0.25, 0.3) is 0 Å². The molecule has 0 radical (unpaired) electrons. The minimum absolute atomic E-state index is 0.684. The topological polar surface area (TPSA) is 24.9 Å². The molecule has 0 aromatic carbocycles. The van der Waals surface area contributed by atoms with Crippen LogP contribution in [0.15, 0.2) is 48.5 Å². The van der Waals surface area contributed by atoms with Crippen molar-refractivity contribution in [2.75, 3.05) is 6.54 Å². The largest absolute Gasteiger partial charge is 0.385 e. The first-order chi connectivity index (χ1) is 7.84. The first-order valence-electron chi connectivity index (χ1n) is 5.86. The number of hydrogen-bond acceptors (Lipinski definition) is 2. The molecule has 0 spiro atoms. The summed E-state index contributed by atoms with van der Waals surface area (Å²) in [5.41, 5.74) is 2.53. The highest BCUT2D eigenvalue weighted by Crippen LogP contribution is 2.13. The third-order valence-corrected chi connectivity index (χ3v) is 2.78. The van der Waals surface area contributed by atoms with Gasteiger partial charge in [-0.15, -0.1) is 0 Å². The van der Waals surface area contributed by atoms with Gasteiger partial charge in [-0.25, -0.2) is 0 Å². The van der Waals surface area contributed by atoms with Crippen LogP contribution < -0.4 is 5.32 Å².